The lowest BCUT2D eigenvalue weighted by atomic mass is 10.2. The van der Waals surface area contributed by atoms with Crippen LogP contribution in [-0.4, -0.2) is 22.3 Å². The van der Waals surface area contributed by atoms with Crippen LogP contribution >= 0.6 is 11.8 Å². The largest absolute Gasteiger partial charge is 0.376 e. The summed E-state index contributed by atoms with van der Waals surface area (Å²) in [4.78, 5) is 16.9. The average Bonchev–Trinajstić information content (AvgIpc) is 3.28. The van der Waals surface area contributed by atoms with E-state index in [0.29, 0.717) is 17.9 Å². The maximum Gasteiger partial charge on any atom is 0.348 e. The number of thioether (sulfide) groups is 1. The summed E-state index contributed by atoms with van der Waals surface area (Å²) in [5, 5.41) is 0.768. The molecule has 1 aliphatic heterocycles. The molecule has 1 aliphatic carbocycles. The minimum atomic E-state index is -0.210. The maximum absolute atomic E-state index is 13.8. The third-order valence-corrected chi connectivity index (χ3v) is 6.00. The number of ether oxygens (including phenoxy) is 1. The van der Waals surface area contributed by atoms with Gasteiger partial charge in [-0.3, -0.25) is 4.57 Å². The summed E-state index contributed by atoms with van der Waals surface area (Å²) < 4.78 is 21.3. The van der Waals surface area contributed by atoms with Gasteiger partial charge in [0.1, 0.15) is 10.8 Å². The third-order valence-electron chi connectivity index (χ3n) is 4.93. The highest BCUT2D eigenvalue weighted by atomic mass is 32.2. The molecule has 1 atom stereocenters. The summed E-state index contributed by atoms with van der Waals surface area (Å²) in [5.74, 6) is 0.278. The van der Waals surface area contributed by atoms with Crippen LogP contribution in [-0.2, 0) is 29.9 Å². The van der Waals surface area contributed by atoms with Crippen LogP contribution in [0.3, 0.4) is 0 Å². The molecule has 4 rings (SSSR count). The molecule has 1 saturated heterocycles. The Bertz CT molecular complexity index is 831. The van der Waals surface area contributed by atoms with Crippen LogP contribution in [0.2, 0.25) is 0 Å². The molecule has 132 valence electrons. The van der Waals surface area contributed by atoms with E-state index in [0.717, 1.165) is 49.4 Å². The Morgan fingerprint density at radius 1 is 1.28 bits per heavy atom. The topological polar surface area (TPSA) is 44.1 Å². The van der Waals surface area contributed by atoms with Crippen LogP contribution in [0.1, 0.15) is 36.1 Å². The Morgan fingerprint density at radius 3 is 2.96 bits per heavy atom. The Morgan fingerprint density at radius 2 is 2.16 bits per heavy atom. The SMILES string of the molecule is O=c1nc(SCc2ccccc2F)c2c(n1C[C@H]1CCCO1)CCC2. The quantitative estimate of drug-likeness (QED) is 0.606. The van der Waals surface area contributed by atoms with Crippen LogP contribution in [0.5, 0.6) is 0 Å². The first-order valence-corrected chi connectivity index (χ1v) is 9.81. The van der Waals surface area contributed by atoms with Gasteiger partial charge < -0.3 is 4.74 Å². The van der Waals surface area contributed by atoms with Crippen molar-refractivity contribution >= 4 is 11.8 Å². The molecule has 0 N–H and O–H groups in total. The van der Waals surface area contributed by atoms with Gasteiger partial charge in [-0.25, -0.2) is 9.18 Å². The fourth-order valence-electron chi connectivity index (χ4n) is 3.65. The van der Waals surface area contributed by atoms with E-state index in [1.165, 1.54) is 23.4 Å². The van der Waals surface area contributed by atoms with Crippen molar-refractivity contribution in [3.63, 3.8) is 0 Å². The van der Waals surface area contributed by atoms with Gasteiger partial charge in [0, 0.05) is 23.6 Å². The molecule has 2 aromatic rings. The molecule has 0 bridgehead atoms. The van der Waals surface area contributed by atoms with Crippen molar-refractivity contribution in [2.45, 2.75) is 55.5 Å². The fourth-order valence-corrected chi connectivity index (χ4v) is 4.71. The van der Waals surface area contributed by atoms with E-state index < -0.39 is 0 Å². The molecule has 4 nitrogen and oxygen atoms in total. The van der Waals surface area contributed by atoms with Gasteiger partial charge in [-0.05, 0) is 43.7 Å². The van der Waals surface area contributed by atoms with E-state index in [1.807, 2.05) is 10.6 Å². The molecule has 1 aromatic heterocycles. The maximum atomic E-state index is 13.8. The number of benzene rings is 1. The van der Waals surface area contributed by atoms with Crippen LogP contribution in [0.25, 0.3) is 0 Å². The lowest BCUT2D eigenvalue weighted by molar-refractivity contribution is 0.0950. The minimum Gasteiger partial charge on any atom is -0.376 e. The summed E-state index contributed by atoms with van der Waals surface area (Å²) in [6, 6.07) is 6.76. The number of rotatable bonds is 5. The van der Waals surface area contributed by atoms with Crippen LogP contribution in [0, 0.1) is 5.82 Å². The Balaban J connectivity index is 1.59. The second-order valence-electron chi connectivity index (χ2n) is 6.60. The van der Waals surface area contributed by atoms with Gasteiger partial charge in [-0.15, -0.1) is 11.8 Å². The lowest BCUT2D eigenvalue weighted by Crippen LogP contribution is -2.31. The van der Waals surface area contributed by atoms with E-state index in [2.05, 4.69) is 4.98 Å². The lowest BCUT2D eigenvalue weighted by Gasteiger charge is -2.17. The zero-order chi connectivity index (χ0) is 17.2. The van der Waals surface area contributed by atoms with Crippen LogP contribution in [0.4, 0.5) is 4.39 Å². The summed E-state index contributed by atoms with van der Waals surface area (Å²) in [7, 11) is 0. The van der Waals surface area contributed by atoms with Crippen LogP contribution < -0.4 is 5.69 Å². The summed E-state index contributed by atoms with van der Waals surface area (Å²) >= 11 is 1.46. The monoisotopic (exact) mass is 360 g/mol. The van der Waals surface area contributed by atoms with Crippen molar-refractivity contribution < 1.29 is 9.13 Å². The first kappa shape index (κ1) is 16.8. The van der Waals surface area contributed by atoms with E-state index in [-0.39, 0.29) is 17.6 Å². The Hall–Kier alpha value is -1.66. The molecule has 2 aliphatic rings. The molecular weight excluding hydrogens is 339 g/mol. The fraction of sp³-hybridized carbons (Fsp3) is 0.474. The highest BCUT2D eigenvalue weighted by Crippen LogP contribution is 2.31. The zero-order valence-corrected chi connectivity index (χ0v) is 14.9. The van der Waals surface area contributed by atoms with Gasteiger partial charge in [0.25, 0.3) is 0 Å². The van der Waals surface area contributed by atoms with Crippen molar-refractivity contribution in [1.29, 1.82) is 0 Å². The van der Waals surface area contributed by atoms with Gasteiger partial charge in [0.15, 0.2) is 0 Å². The smallest absolute Gasteiger partial charge is 0.348 e. The minimum absolute atomic E-state index is 0.126. The molecule has 0 spiro atoms. The number of aromatic nitrogens is 2. The standard InChI is InChI=1S/C19H21FN2O2S/c20-16-8-2-1-5-13(16)12-25-18-15-7-3-9-17(15)22(19(23)21-18)11-14-6-4-10-24-14/h1-2,5,8,14H,3-4,6-7,9-12H2/t14-/m1/s1. The highest BCUT2D eigenvalue weighted by Gasteiger charge is 2.25. The molecule has 0 unspecified atom stereocenters. The van der Waals surface area contributed by atoms with Crippen LogP contribution in [0.15, 0.2) is 34.1 Å². The molecular formula is C19H21FN2O2S. The number of fused-ring (bicyclic) bond motifs is 1. The first-order chi connectivity index (χ1) is 12.2. The molecule has 0 radical (unpaired) electrons. The van der Waals surface area contributed by atoms with E-state index in [4.69, 9.17) is 4.74 Å². The number of hydrogen-bond donors (Lipinski definition) is 0. The normalized spacial score (nSPS) is 19.3. The van der Waals surface area contributed by atoms with E-state index in [9.17, 15) is 9.18 Å². The molecule has 25 heavy (non-hydrogen) atoms. The number of nitrogens with zero attached hydrogens (tertiary/aromatic N) is 2. The predicted octanol–water partition coefficient (Wildman–Crippen LogP) is 3.34. The summed E-state index contributed by atoms with van der Waals surface area (Å²) in [5.41, 5.74) is 2.71. The molecule has 1 fully saturated rings. The summed E-state index contributed by atoms with van der Waals surface area (Å²) in [6.07, 6.45) is 5.08. The van der Waals surface area contributed by atoms with Crippen molar-refractivity contribution in [1.82, 2.24) is 9.55 Å². The average molecular weight is 360 g/mol. The highest BCUT2D eigenvalue weighted by molar-refractivity contribution is 7.98. The van der Waals surface area contributed by atoms with Crippen molar-refractivity contribution in [3.8, 4) is 0 Å². The van der Waals surface area contributed by atoms with Gasteiger partial charge in [-0.1, -0.05) is 18.2 Å². The van der Waals surface area contributed by atoms with Gasteiger partial charge >= 0.3 is 5.69 Å². The first-order valence-electron chi connectivity index (χ1n) is 8.83. The number of hydrogen-bond acceptors (Lipinski definition) is 4. The van der Waals surface area contributed by atoms with Gasteiger partial charge in [-0.2, -0.15) is 4.98 Å². The van der Waals surface area contributed by atoms with Crippen molar-refractivity contribution in [2.24, 2.45) is 0 Å². The molecule has 0 saturated carbocycles. The zero-order valence-electron chi connectivity index (χ0n) is 14.0. The summed E-state index contributed by atoms with van der Waals surface area (Å²) in [6.45, 7) is 1.39. The Labute approximate surface area is 150 Å². The van der Waals surface area contributed by atoms with Gasteiger partial charge in [0.05, 0.1) is 12.6 Å². The third kappa shape index (κ3) is 3.51. The molecule has 2 heterocycles. The van der Waals surface area contributed by atoms with Crippen molar-refractivity contribution in [3.05, 3.63) is 57.4 Å². The van der Waals surface area contributed by atoms with Crippen molar-refractivity contribution in [2.75, 3.05) is 6.61 Å². The Kier molecular flexibility index (Phi) is 4.90. The van der Waals surface area contributed by atoms with Gasteiger partial charge in [0.2, 0.25) is 0 Å². The molecule has 0 amide bonds. The second kappa shape index (κ2) is 7.30. The molecule has 1 aromatic carbocycles. The molecule has 6 heteroatoms. The van der Waals surface area contributed by atoms with E-state index in [1.54, 1.807) is 12.1 Å². The predicted molar refractivity (Wildman–Crippen MR) is 95.5 cm³/mol. The second-order valence-corrected chi connectivity index (χ2v) is 7.57. The number of halogens is 1. The van der Waals surface area contributed by atoms with E-state index >= 15 is 0 Å².